The van der Waals surface area contributed by atoms with Crippen molar-refractivity contribution in [1.29, 1.82) is 0 Å². The molecule has 0 spiro atoms. The smallest absolute Gasteiger partial charge is 0.255 e. The molecule has 1 amide bonds. The molecule has 2 heterocycles. The number of piperazine rings is 1. The van der Waals surface area contributed by atoms with Crippen LogP contribution in [-0.2, 0) is 10.0 Å². The Balaban J connectivity index is 1.51. The van der Waals surface area contributed by atoms with Gasteiger partial charge in [0.15, 0.2) is 0 Å². The third-order valence-electron chi connectivity index (χ3n) is 5.11. The van der Waals surface area contributed by atoms with Crippen LogP contribution in [0.5, 0.6) is 0 Å². The van der Waals surface area contributed by atoms with E-state index in [1.54, 1.807) is 10.5 Å². The molecule has 30 heavy (non-hydrogen) atoms. The normalized spacial score (nSPS) is 15.8. The molecule has 0 aliphatic carbocycles. The Labute approximate surface area is 177 Å². The van der Waals surface area contributed by atoms with Gasteiger partial charge in [-0.3, -0.25) is 19.1 Å². The summed E-state index contributed by atoms with van der Waals surface area (Å²) in [6.07, 6.45) is 2.16. The van der Waals surface area contributed by atoms with Crippen molar-refractivity contribution in [3.63, 3.8) is 0 Å². The number of pyridine rings is 1. The number of amides is 1. The summed E-state index contributed by atoms with van der Waals surface area (Å²) in [5.41, 5.74) is 0.913. The number of rotatable bonds is 8. The van der Waals surface area contributed by atoms with Crippen LogP contribution < -0.4 is 10.9 Å². The first-order valence-electron chi connectivity index (χ1n) is 10.2. The largest absolute Gasteiger partial charge is 0.351 e. The minimum absolute atomic E-state index is 0.189. The van der Waals surface area contributed by atoms with Gasteiger partial charge < -0.3 is 5.32 Å². The van der Waals surface area contributed by atoms with Crippen molar-refractivity contribution < 1.29 is 13.2 Å². The highest BCUT2D eigenvalue weighted by molar-refractivity contribution is 7.89. The minimum Gasteiger partial charge on any atom is -0.351 e. The lowest BCUT2D eigenvalue weighted by molar-refractivity contribution is 0.0944. The maximum Gasteiger partial charge on any atom is 0.255 e. The predicted octanol–water partition coefficient (Wildman–Crippen LogP) is 0.925. The van der Waals surface area contributed by atoms with Gasteiger partial charge >= 0.3 is 0 Å². The molecule has 0 radical (unpaired) electrons. The van der Waals surface area contributed by atoms with E-state index in [-0.39, 0.29) is 17.2 Å². The van der Waals surface area contributed by atoms with Crippen LogP contribution >= 0.6 is 0 Å². The number of aromatic nitrogens is 1. The van der Waals surface area contributed by atoms with Gasteiger partial charge in [0.25, 0.3) is 11.5 Å². The first-order chi connectivity index (χ1) is 14.4. The second-order valence-corrected chi connectivity index (χ2v) is 9.36. The van der Waals surface area contributed by atoms with Crippen LogP contribution in [0.2, 0.25) is 0 Å². The molecule has 1 aliphatic heterocycles. The van der Waals surface area contributed by atoms with Crippen molar-refractivity contribution in [2.24, 2.45) is 0 Å². The zero-order valence-corrected chi connectivity index (χ0v) is 18.0. The number of benzene rings is 1. The molecule has 2 aromatic rings. The average molecular weight is 433 g/mol. The summed E-state index contributed by atoms with van der Waals surface area (Å²) >= 11 is 0. The van der Waals surface area contributed by atoms with E-state index in [4.69, 9.17) is 0 Å². The molecular formula is C21H28N4O4S. The van der Waals surface area contributed by atoms with Gasteiger partial charge in [0.05, 0.1) is 11.3 Å². The SMILES string of the molecule is CCCS(=O)(=O)N1CCN(CCNC(=O)c2ccc(=O)n(-c3ccccc3)c2)CC1. The monoisotopic (exact) mass is 432 g/mol. The van der Waals surface area contributed by atoms with Crippen LogP contribution in [0.25, 0.3) is 5.69 Å². The zero-order chi connectivity index (χ0) is 21.6. The molecule has 1 N–H and O–H groups in total. The highest BCUT2D eigenvalue weighted by atomic mass is 32.2. The lowest BCUT2D eigenvalue weighted by atomic mass is 10.2. The average Bonchev–Trinajstić information content (AvgIpc) is 2.75. The van der Waals surface area contributed by atoms with Gasteiger partial charge in [-0.25, -0.2) is 8.42 Å². The van der Waals surface area contributed by atoms with Crippen LogP contribution in [0, 0.1) is 0 Å². The van der Waals surface area contributed by atoms with E-state index in [9.17, 15) is 18.0 Å². The number of para-hydroxylation sites is 1. The van der Waals surface area contributed by atoms with Crippen LogP contribution in [0.3, 0.4) is 0 Å². The molecule has 3 rings (SSSR count). The molecule has 0 bridgehead atoms. The van der Waals surface area contributed by atoms with E-state index >= 15 is 0 Å². The van der Waals surface area contributed by atoms with Crippen LogP contribution in [-0.4, -0.2) is 73.1 Å². The zero-order valence-electron chi connectivity index (χ0n) is 17.2. The Morgan fingerprint density at radius 2 is 1.73 bits per heavy atom. The summed E-state index contributed by atoms with van der Waals surface area (Å²) in [4.78, 5) is 26.8. The Bertz CT molecular complexity index is 1010. The molecular weight excluding hydrogens is 404 g/mol. The molecule has 0 unspecified atom stereocenters. The topological polar surface area (TPSA) is 91.7 Å². The van der Waals surface area contributed by atoms with Gasteiger partial charge in [-0.15, -0.1) is 0 Å². The summed E-state index contributed by atoms with van der Waals surface area (Å²) in [6, 6.07) is 12.1. The molecule has 9 heteroatoms. The van der Waals surface area contributed by atoms with E-state index < -0.39 is 10.0 Å². The molecule has 0 atom stereocenters. The third kappa shape index (κ3) is 5.56. The fourth-order valence-corrected chi connectivity index (χ4v) is 4.95. The lowest BCUT2D eigenvalue weighted by Crippen LogP contribution is -2.50. The first kappa shape index (κ1) is 22.2. The molecule has 1 fully saturated rings. The van der Waals surface area contributed by atoms with Crippen molar-refractivity contribution >= 4 is 15.9 Å². The number of nitrogens with zero attached hydrogens (tertiary/aromatic N) is 3. The summed E-state index contributed by atoms with van der Waals surface area (Å²) in [7, 11) is -3.15. The number of hydrogen-bond donors (Lipinski definition) is 1. The number of nitrogens with one attached hydrogen (secondary N) is 1. The van der Waals surface area contributed by atoms with Crippen LogP contribution in [0.1, 0.15) is 23.7 Å². The van der Waals surface area contributed by atoms with E-state index in [0.29, 0.717) is 56.9 Å². The van der Waals surface area contributed by atoms with Gasteiger partial charge in [-0.05, 0) is 24.6 Å². The second kappa shape index (κ2) is 10.0. The van der Waals surface area contributed by atoms with Gasteiger partial charge in [0.1, 0.15) is 0 Å². The standard InChI is InChI=1S/C21H28N4O4S/c1-2-16-30(28,29)24-14-12-23(13-15-24)11-10-22-21(27)18-8-9-20(26)25(17-18)19-6-4-3-5-7-19/h3-9,17H,2,10-16H2,1H3,(H,22,27). The quantitative estimate of drug-likeness (QED) is 0.670. The Hall–Kier alpha value is -2.49. The van der Waals surface area contributed by atoms with E-state index in [0.717, 1.165) is 0 Å². The number of hydrogen-bond acceptors (Lipinski definition) is 5. The number of carbonyl (C=O) groups is 1. The molecule has 1 aromatic heterocycles. The van der Waals surface area contributed by atoms with Crippen molar-refractivity contribution in [3.8, 4) is 5.69 Å². The highest BCUT2D eigenvalue weighted by Gasteiger charge is 2.25. The van der Waals surface area contributed by atoms with E-state index in [1.165, 1.54) is 16.7 Å². The molecule has 0 saturated carbocycles. The summed E-state index contributed by atoms with van der Waals surface area (Å²) in [5, 5.41) is 2.88. The van der Waals surface area contributed by atoms with Crippen molar-refractivity contribution in [3.05, 3.63) is 64.6 Å². The fraction of sp³-hybridized carbons (Fsp3) is 0.429. The van der Waals surface area contributed by atoms with Crippen LogP contribution in [0.15, 0.2) is 53.5 Å². The number of carbonyl (C=O) groups excluding carboxylic acids is 1. The van der Waals surface area contributed by atoms with Crippen molar-refractivity contribution in [1.82, 2.24) is 19.1 Å². The van der Waals surface area contributed by atoms with E-state index in [1.807, 2.05) is 37.3 Å². The van der Waals surface area contributed by atoms with Gasteiger partial charge in [-0.2, -0.15) is 4.31 Å². The van der Waals surface area contributed by atoms with Crippen molar-refractivity contribution in [2.75, 3.05) is 45.0 Å². The molecule has 162 valence electrons. The van der Waals surface area contributed by atoms with Crippen molar-refractivity contribution in [2.45, 2.75) is 13.3 Å². The number of sulfonamides is 1. The Morgan fingerprint density at radius 3 is 2.40 bits per heavy atom. The predicted molar refractivity (Wildman–Crippen MR) is 116 cm³/mol. The second-order valence-electron chi connectivity index (χ2n) is 7.27. The van der Waals surface area contributed by atoms with E-state index in [2.05, 4.69) is 10.2 Å². The van der Waals surface area contributed by atoms with Crippen LogP contribution in [0.4, 0.5) is 0 Å². The minimum atomic E-state index is -3.15. The Morgan fingerprint density at radius 1 is 1.03 bits per heavy atom. The highest BCUT2D eigenvalue weighted by Crippen LogP contribution is 2.09. The summed E-state index contributed by atoms with van der Waals surface area (Å²) < 4.78 is 27.3. The maximum atomic E-state index is 12.5. The Kier molecular flexibility index (Phi) is 7.41. The molecule has 8 nitrogen and oxygen atoms in total. The lowest BCUT2D eigenvalue weighted by Gasteiger charge is -2.33. The van der Waals surface area contributed by atoms with Gasteiger partial charge in [0.2, 0.25) is 10.0 Å². The first-order valence-corrected chi connectivity index (χ1v) is 11.8. The maximum absolute atomic E-state index is 12.5. The molecule has 1 aliphatic rings. The van der Waals surface area contributed by atoms with Gasteiger partial charge in [-0.1, -0.05) is 25.1 Å². The third-order valence-corrected chi connectivity index (χ3v) is 7.18. The summed E-state index contributed by atoms with van der Waals surface area (Å²) in [5.74, 6) is -0.0578. The fourth-order valence-electron chi connectivity index (χ4n) is 3.46. The van der Waals surface area contributed by atoms with Gasteiger partial charge in [0, 0.05) is 57.2 Å². The molecule has 1 saturated heterocycles. The summed E-state index contributed by atoms with van der Waals surface area (Å²) in [6.45, 7) is 5.23. The molecule has 1 aromatic carbocycles.